The van der Waals surface area contributed by atoms with Crippen LogP contribution in [-0.4, -0.2) is 25.5 Å². The topological polar surface area (TPSA) is 33.2 Å². The average Bonchev–Trinajstić information content (AvgIpc) is 2.39. The lowest BCUT2D eigenvalue weighted by Gasteiger charge is -2.37. The summed E-state index contributed by atoms with van der Waals surface area (Å²) in [6.07, 6.45) is 3.32. The largest absolute Gasteiger partial charge is 0.296 e. The van der Waals surface area contributed by atoms with Crippen molar-refractivity contribution in [3.63, 3.8) is 0 Å². The zero-order chi connectivity index (χ0) is 15.7. The molecule has 1 aliphatic rings. The number of carbonyl (C=O) groups excluding carboxylic acids is 1. The van der Waals surface area contributed by atoms with Crippen LogP contribution in [0.5, 0.6) is 0 Å². The molecular weight excluding hydrogens is 276 g/mol. The van der Waals surface area contributed by atoms with E-state index in [9.17, 15) is 4.79 Å². The zero-order valence-electron chi connectivity index (χ0n) is 13.7. The molecule has 0 aromatic carbocycles. The number of anilines is 1. The third-order valence-electron chi connectivity index (χ3n) is 3.51. The van der Waals surface area contributed by atoms with Crippen molar-refractivity contribution in [3.05, 3.63) is 23.9 Å². The van der Waals surface area contributed by atoms with Crippen molar-refractivity contribution >= 4 is 19.8 Å². The number of nitrogens with zero attached hydrogens (tertiary/aromatic N) is 2. The Morgan fingerprint density at radius 2 is 2.00 bits per heavy atom. The summed E-state index contributed by atoms with van der Waals surface area (Å²) in [7, 11) is -1.37. The lowest BCUT2D eigenvalue weighted by atomic mass is 9.84. The summed E-state index contributed by atoms with van der Waals surface area (Å²) in [5.41, 5.74) is 4.41. The SMILES string of the molecule is CC1(C)CCC(=O)N(c2ccc(C#C[Si](C)(C)C)cn2)C1. The molecule has 0 atom stereocenters. The Kier molecular flexibility index (Phi) is 4.24. The Morgan fingerprint density at radius 1 is 1.29 bits per heavy atom. The summed E-state index contributed by atoms with van der Waals surface area (Å²) in [6.45, 7) is 11.8. The van der Waals surface area contributed by atoms with Gasteiger partial charge >= 0.3 is 0 Å². The van der Waals surface area contributed by atoms with E-state index in [0.717, 1.165) is 24.3 Å². The Hall–Kier alpha value is -1.60. The lowest BCUT2D eigenvalue weighted by molar-refractivity contribution is -0.121. The van der Waals surface area contributed by atoms with Crippen LogP contribution in [0.2, 0.25) is 19.6 Å². The second-order valence-corrected chi connectivity index (χ2v) is 12.3. The predicted molar refractivity (Wildman–Crippen MR) is 89.8 cm³/mol. The maximum atomic E-state index is 12.1. The van der Waals surface area contributed by atoms with Crippen molar-refractivity contribution in [3.8, 4) is 11.5 Å². The molecule has 1 saturated heterocycles. The van der Waals surface area contributed by atoms with Crippen molar-refractivity contribution < 1.29 is 4.79 Å². The highest BCUT2D eigenvalue weighted by atomic mass is 28.3. The molecular formula is C17H24N2OSi. The Bertz CT molecular complexity index is 588. The minimum Gasteiger partial charge on any atom is -0.296 e. The van der Waals surface area contributed by atoms with Crippen LogP contribution in [0.25, 0.3) is 0 Å². The summed E-state index contributed by atoms with van der Waals surface area (Å²) in [5.74, 6) is 4.10. The van der Waals surface area contributed by atoms with Gasteiger partial charge in [0.1, 0.15) is 13.9 Å². The molecule has 0 aliphatic carbocycles. The third kappa shape index (κ3) is 4.43. The van der Waals surface area contributed by atoms with Crippen molar-refractivity contribution in [2.24, 2.45) is 5.41 Å². The fourth-order valence-electron chi connectivity index (χ4n) is 2.26. The Balaban J connectivity index is 2.18. The number of hydrogen-bond acceptors (Lipinski definition) is 2. The molecule has 4 heteroatoms. The molecule has 0 N–H and O–H groups in total. The van der Waals surface area contributed by atoms with E-state index in [1.54, 1.807) is 11.1 Å². The van der Waals surface area contributed by atoms with Gasteiger partial charge in [0.25, 0.3) is 0 Å². The molecule has 2 rings (SSSR count). The Morgan fingerprint density at radius 3 is 2.57 bits per heavy atom. The van der Waals surface area contributed by atoms with Crippen molar-refractivity contribution in [2.45, 2.75) is 46.3 Å². The van der Waals surface area contributed by atoms with E-state index in [2.05, 4.69) is 49.9 Å². The monoisotopic (exact) mass is 300 g/mol. The van der Waals surface area contributed by atoms with Crippen molar-refractivity contribution in [1.29, 1.82) is 0 Å². The number of amides is 1. The second-order valence-electron chi connectivity index (χ2n) is 7.55. The van der Waals surface area contributed by atoms with Gasteiger partial charge in [-0.25, -0.2) is 4.98 Å². The molecule has 1 aliphatic heterocycles. The minimum atomic E-state index is -1.37. The first-order valence-corrected chi connectivity index (χ1v) is 11.0. The molecule has 3 nitrogen and oxygen atoms in total. The van der Waals surface area contributed by atoms with Gasteiger partial charge in [-0.3, -0.25) is 9.69 Å². The first-order valence-electron chi connectivity index (χ1n) is 7.46. The minimum absolute atomic E-state index is 0.159. The molecule has 2 heterocycles. The summed E-state index contributed by atoms with van der Waals surface area (Å²) >= 11 is 0. The third-order valence-corrected chi connectivity index (χ3v) is 4.38. The van der Waals surface area contributed by atoms with E-state index < -0.39 is 8.07 Å². The molecule has 0 unspecified atom stereocenters. The van der Waals surface area contributed by atoms with Gasteiger partial charge in [-0.1, -0.05) is 39.4 Å². The quantitative estimate of drug-likeness (QED) is 0.588. The standard InChI is InChI=1S/C17H24N2OSi/c1-17(2)10-8-16(20)19(13-17)15-7-6-14(12-18-15)9-11-21(3,4)5/h6-7,12H,8,10,13H2,1-5H3. The molecule has 112 valence electrons. The van der Waals surface area contributed by atoms with E-state index in [1.807, 2.05) is 12.1 Å². The van der Waals surface area contributed by atoms with Gasteiger partial charge in [0.05, 0.1) is 0 Å². The summed E-state index contributed by atoms with van der Waals surface area (Å²) in [4.78, 5) is 18.3. The Labute approximate surface area is 128 Å². The lowest BCUT2D eigenvalue weighted by Crippen LogP contribution is -2.44. The molecule has 0 saturated carbocycles. The van der Waals surface area contributed by atoms with Crippen LogP contribution in [0.4, 0.5) is 5.82 Å². The number of rotatable bonds is 1. The highest BCUT2D eigenvalue weighted by Crippen LogP contribution is 2.31. The van der Waals surface area contributed by atoms with Crippen LogP contribution in [0.15, 0.2) is 18.3 Å². The van der Waals surface area contributed by atoms with Crippen LogP contribution >= 0.6 is 0 Å². The van der Waals surface area contributed by atoms with Crippen molar-refractivity contribution in [2.75, 3.05) is 11.4 Å². The fraction of sp³-hybridized carbons (Fsp3) is 0.529. The molecule has 1 amide bonds. The summed E-state index contributed by atoms with van der Waals surface area (Å²) in [5, 5.41) is 0. The number of hydrogen-bond donors (Lipinski definition) is 0. The molecule has 1 aromatic heterocycles. The molecule has 21 heavy (non-hydrogen) atoms. The number of pyridine rings is 1. The van der Waals surface area contributed by atoms with E-state index in [0.29, 0.717) is 6.42 Å². The molecule has 1 fully saturated rings. The molecule has 0 radical (unpaired) electrons. The summed E-state index contributed by atoms with van der Waals surface area (Å²) in [6, 6.07) is 3.87. The van der Waals surface area contributed by atoms with E-state index >= 15 is 0 Å². The zero-order valence-corrected chi connectivity index (χ0v) is 14.7. The maximum absolute atomic E-state index is 12.1. The van der Waals surface area contributed by atoms with Gasteiger partial charge in [-0.05, 0) is 24.0 Å². The van der Waals surface area contributed by atoms with Gasteiger partial charge in [0.15, 0.2) is 0 Å². The predicted octanol–water partition coefficient (Wildman–Crippen LogP) is 3.46. The number of carbonyl (C=O) groups is 1. The highest BCUT2D eigenvalue weighted by Gasteiger charge is 2.32. The van der Waals surface area contributed by atoms with Gasteiger partial charge in [-0.2, -0.15) is 0 Å². The summed E-state index contributed by atoms with van der Waals surface area (Å²) < 4.78 is 0. The van der Waals surface area contributed by atoms with Crippen LogP contribution in [0.3, 0.4) is 0 Å². The van der Waals surface area contributed by atoms with Gasteiger partial charge in [0, 0.05) is 24.7 Å². The van der Waals surface area contributed by atoms with Gasteiger partial charge in [-0.15, -0.1) is 5.54 Å². The van der Waals surface area contributed by atoms with Crippen molar-refractivity contribution in [1.82, 2.24) is 4.98 Å². The molecule has 0 bridgehead atoms. The van der Waals surface area contributed by atoms with E-state index in [1.165, 1.54) is 0 Å². The number of aromatic nitrogens is 1. The first kappa shape index (κ1) is 15.8. The van der Waals surface area contributed by atoms with Gasteiger partial charge < -0.3 is 0 Å². The maximum Gasteiger partial charge on any atom is 0.228 e. The second kappa shape index (κ2) is 5.65. The normalized spacial score (nSPS) is 18.1. The van der Waals surface area contributed by atoms with Gasteiger partial charge in [0.2, 0.25) is 5.91 Å². The highest BCUT2D eigenvalue weighted by molar-refractivity contribution is 6.83. The van der Waals surface area contributed by atoms with Crippen LogP contribution in [-0.2, 0) is 4.79 Å². The van der Waals surface area contributed by atoms with E-state index in [-0.39, 0.29) is 11.3 Å². The van der Waals surface area contributed by atoms with Crippen LogP contribution < -0.4 is 4.90 Å². The van der Waals surface area contributed by atoms with Crippen LogP contribution in [0.1, 0.15) is 32.3 Å². The molecule has 1 aromatic rings. The fourth-order valence-corrected chi connectivity index (χ4v) is 2.78. The van der Waals surface area contributed by atoms with Crippen LogP contribution in [0, 0.1) is 16.9 Å². The first-order chi connectivity index (χ1) is 9.66. The average molecular weight is 300 g/mol. The molecule has 0 spiro atoms. The number of piperidine rings is 1. The smallest absolute Gasteiger partial charge is 0.228 e. The van der Waals surface area contributed by atoms with E-state index in [4.69, 9.17) is 0 Å².